The molecular weight excluding hydrogens is 490 g/mol. The third-order valence-corrected chi connectivity index (χ3v) is 5.55. The third-order valence-electron chi connectivity index (χ3n) is 5.55. The van der Waals surface area contributed by atoms with Crippen molar-refractivity contribution in [2.24, 2.45) is 17.4 Å². The Morgan fingerprint density at radius 1 is 0.865 bits per heavy atom. The highest BCUT2D eigenvalue weighted by molar-refractivity contribution is 5.96. The van der Waals surface area contributed by atoms with Crippen LogP contribution in [0, 0.1) is 5.92 Å². The number of hydrogen-bond donors (Lipinski definition) is 8. The summed E-state index contributed by atoms with van der Waals surface area (Å²) >= 11 is 0. The van der Waals surface area contributed by atoms with Crippen LogP contribution in [0.3, 0.4) is 0 Å². The molecule has 14 heteroatoms. The van der Waals surface area contributed by atoms with Crippen LogP contribution in [0.25, 0.3) is 0 Å². The molecule has 37 heavy (non-hydrogen) atoms. The molecule has 14 nitrogen and oxygen atoms in total. The minimum absolute atomic E-state index is 0.0177. The number of carboxylic acids is 2. The van der Waals surface area contributed by atoms with E-state index in [0.29, 0.717) is 12.0 Å². The highest BCUT2D eigenvalue weighted by atomic mass is 16.4. The van der Waals surface area contributed by atoms with Crippen LogP contribution < -0.4 is 27.4 Å². The Morgan fingerprint density at radius 2 is 1.43 bits per heavy atom. The smallest absolute Gasteiger partial charge is 0.326 e. The van der Waals surface area contributed by atoms with Crippen molar-refractivity contribution in [3.63, 3.8) is 0 Å². The van der Waals surface area contributed by atoms with Gasteiger partial charge in [-0.1, -0.05) is 32.4 Å². The lowest BCUT2D eigenvalue weighted by Gasteiger charge is -2.27. The van der Waals surface area contributed by atoms with Gasteiger partial charge in [0.15, 0.2) is 0 Å². The van der Waals surface area contributed by atoms with Crippen LogP contribution in [0.2, 0.25) is 0 Å². The lowest BCUT2D eigenvalue weighted by Crippen LogP contribution is -2.59. The van der Waals surface area contributed by atoms with E-state index in [0.717, 1.165) is 0 Å². The number of rotatable bonds is 15. The molecule has 5 atom stereocenters. The minimum atomic E-state index is -1.64. The monoisotopic (exact) mass is 523 g/mol. The average Bonchev–Trinajstić information content (AvgIpc) is 2.81. The molecule has 1 rings (SSSR count). The maximum absolute atomic E-state index is 12.9. The highest BCUT2D eigenvalue weighted by Gasteiger charge is 2.34. The van der Waals surface area contributed by atoms with E-state index in [4.69, 9.17) is 11.5 Å². The number of aromatic hydroxyl groups is 1. The second-order valence-corrected chi connectivity index (χ2v) is 8.58. The Bertz CT molecular complexity index is 999. The molecule has 0 fully saturated rings. The van der Waals surface area contributed by atoms with Crippen molar-refractivity contribution in [2.75, 3.05) is 0 Å². The second kappa shape index (κ2) is 14.4. The maximum atomic E-state index is 12.9. The quantitative estimate of drug-likeness (QED) is 0.128. The zero-order valence-electron chi connectivity index (χ0n) is 20.5. The maximum Gasteiger partial charge on any atom is 0.326 e. The highest BCUT2D eigenvalue weighted by Crippen LogP contribution is 2.12. The molecule has 0 saturated carbocycles. The lowest BCUT2D eigenvalue weighted by molar-refractivity contribution is -0.144. The third kappa shape index (κ3) is 10.5. The minimum Gasteiger partial charge on any atom is -0.508 e. The van der Waals surface area contributed by atoms with E-state index >= 15 is 0 Å². The van der Waals surface area contributed by atoms with Gasteiger partial charge < -0.3 is 42.7 Å². The van der Waals surface area contributed by atoms with Gasteiger partial charge in [0.05, 0.1) is 18.9 Å². The number of carbonyl (C=O) groups is 6. The van der Waals surface area contributed by atoms with Crippen molar-refractivity contribution >= 4 is 35.6 Å². The number of benzene rings is 1. The van der Waals surface area contributed by atoms with Gasteiger partial charge in [-0.3, -0.25) is 24.0 Å². The molecule has 0 aliphatic rings. The predicted octanol–water partition coefficient (Wildman–Crippen LogP) is -1.80. The summed E-state index contributed by atoms with van der Waals surface area (Å²) < 4.78 is 0. The Labute approximate surface area is 212 Å². The fourth-order valence-electron chi connectivity index (χ4n) is 3.26. The summed E-state index contributed by atoms with van der Waals surface area (Å²) in [6, 6.07) is 0.178. The van der Waals surface area contributed by atoms with Gasteiger partial charge >= 0.3 is 11.9 Å². The van der Waals surface area contributed by atoms with Crippen LogP contribution in [0.15, 0.2) is 24.3 Å². The average molecular weight is 524 g/mol. The molecule has 1 aromatic carbocycles. The van der Waals surface area contributed by atoms with Gasteiger partial charge in [0.25, 0.3) is 0 Å². The molecule has 0 aliphatic carbocycles. The molecule has 0 aromatic heterocycles. The van der Waals surface area contributed by atoms with Crippen LogP contribution in [0.1, 0.15) is 38.7 Å². The number of nitrogens with one attached hydrogen (secondary N) is 3. The lowest BCUT2D eigenvalue weighted by atomic mass is 9.97. The van der Waals surface area contributed by atoms with Gasteiger partial charge in [-0.15, -0.1) is 0 Å². The summed E-state index contributed by atoms with van der Waals surface area (Å²) in [5, 5.41) is 34.6. The van der Waals surface area contributed by atoms with Crippen LogP contribution >= 0.6 is 0 Å². The Hall–Kier alpha value is -4.20. The molecule has 0 radical (unpaired) electrons. The Morgan fingerprint density at radius 3 is 1.92 bits per heavy atom. The summed E-state index contributed by atoms with van der Waals surface area (Å²) in [6.45, 7) is 3.29. The summed E-state index contributed by atoms with van der Waals surface area (Å²) in [5.74, 6) is -7.18. The van der Waals surface area contributed by atoms with Gasteiger partial charge in [-0.25, -0.2) is 4.79 Å². The molecule has 0 spiro atoms. The topological polar surface area (TPSA) is 251 Å². The molecule has 5 unspecified atom stereocenters. The largest absolute Gasteiger partial charge is 0.508 e. The van der Waals surface area contributed by atoms with Crippen molar-refractivity contribution in [2.45, 2.75) is 63.7 Å². The first-order valence-electron chi connectivity index (χ1n) is 11.4. The van der Waals surface area contributed by atoms with Crippen molar-refractivity contribution < 1.29 is 44.1 Å². The van der Waals surface area contributed by atoms with E-state index < -0.39 is 78.5 Å². The fraction of sp³-hybridized carbons (Fsp3) is 0.478. The molecular formula is C23H33N5O9. The number of phenolic OH excluding ortho intramolecular Hbond substituents is 1. The van der Waals surface area contributed by atoms with E-state index in [2.05, 4.69) is 16.0 Å². The summed E-state index contributed by atoms with van der Waals surface area (Å²) in [6.07, 6.45) is -1.11. The summed E-state index contributed by atoms with van der Waals surface area (Å²) in [7, 11) is 0. The first-order chi connectivity index (χ1) is 17.2. The SMILES string of the molecule is CCC(C)C(NC(=O)C(CC(=O)O)NC(=O)C(N)Cc1ccc(O)cc1)C(=O)NC(CC(N)=O)C(=O)O. The number of primary amides is 1. The van der Waals surface area contributed by atoms with Gasteiger partial charge in [0, 0.05) is 0 Å². The molecule has 1 aromatic rings. The number of phenols is 1. The summed E-state index contributed by atoms with van der Waals surface area (Å²) in [5.41, 5.74) is 11.5. The van der Waals surface area contributed by atoms with Gasteiger partial charge in [-0.2, -0.15) is 0 Å². The number of carboxylic acid groups (broad SMARTS) is 2. The van der Waals surface area contributed by atoms with Crippen molar-refractivity contribution in [1.29, 1.82) is 0 Å². The molecule has 0 aliphatic heterocycles. The van der Waals surface area contributed by atoms with Crippen LogP contribution in [0.4, 0.5) is 0 Å². The normalized spacial score (nSPS) is 14.8. The first kappa shape index (κ1) is 30.8. The molecule has 0 heterocycles. The van der Waals surface area contributed by atoms with Gasteiger partial charge in [0.1, 0.15) is 23.9 Å². The number of nitrogens with two attached hydrogens (primary N) is 2. The van der Waals surface area contributed by atoms with E-state index in [9.17, 15) is 44.1 Å². The van der Waals surface area contributed by atoms with Crippen molar-refractivity contribution in [3.8, 4) is 5.75 Å². The van der Waals surface area contributed by atoms with Gasteiger partial charge in [-0.05, 0) is 30.0 Å². The zero-order chi connectivity index (χ0) is 28.3. The van der Waals surface area contributed by atoms with Crippen LogP contribution in [0.5, 0.6) is 5.75 Å². The van der Waals surface area contributed by atoms with Crippen molar-refractivity contribution in [3.05, 3.63) is 29.8 Å². The standard InChI is InChI=1S/C23H33N5O9/c1-3-11(2)19(22(35)27-16(23(36)37)9-17(25)30)28-21(34)15(10-18(31)32)26-20(33)14(24)8-12-4-6-13(29)7-5-12/h4-7,11,14-16,19,29H,3,8-10,24H2,1-2H3,(H2,25,30)(H,26,33)(H,27,35)(H,28,34)(H,31,32)(H,36,37). The second-order valence-electron chi connectivity index (χ2n) is 8.58. The van der Waals surface area contributed by atoms with Crippen LogP contribution in [-0.2, 0) is 35.2 Å². The molecule has 0 saturated heterocycles. The number of hydrogen-bond acceptors (Lipinski definition) is 8. The summed E-state index contributed by atoms with van der Waals surface area (Å²) in [4.78, 5) is 72.2. The van der Waals surface area contributed by atoms with Gasteiger partial charge in [0.2, 0.25) is 23.6 Å². The molecule has 0 bridgehead atoms. The predicted molar refractivity (Wildman–Crippen MR) is 129 cm³/mol. The van der Waals surface area contributed by atoms with E-state index in [-0.39, 0.29) is 12.2 Å². The Balaban J connectivity index is 3.01. The fourth-order valence-corrected chi connectivity index (χ4v) is 3.26. The first-order valence-corrected chi connectivity index (χ1v) is 11.4. The molecule has 204 valence electrons. The van der Waals surface area contributed by atoms with Crippen LogP contribution in [-0.4, -0.2) is 75.1 Å². The molecule has 10 N–H and O–H groups in total. The van der Waals surface area contributed by atoms with E-state index in [1.807, 2.05) is 0 Å². The Kier molecular flexibility index (Phi) is 12.0. The molecule has 4 amide bonds. The number of amides is 4. The zero-order valence-corrected chi connectivity index (χ0v) is 20.5. The number of carbonyl (C=O) groups excluding carboxylic acids is 4. The van der Waals surface area contributed by atoms with E-state index in [1.165, 1.54) is 12.1 Å². The van der Waals surface area contributed by atoms with Crippen molar-refractivity contribution in [1.82, 2.24) is 16.0 Å². The van der Waals surface area contributed by atoms with E-state index in [1.54, 1.807) is 26.0 Å². The number of aliphatic carboxylic acids is 2.